The van der Waals surface area contributed by atoms with Gasteiger partial charge in [-0.3, -0.25) is 14.9 Å². The maximum absolute atomic E-state index is 13.8. The molecule has 0 aliphatic carbocycles. The van der Waals surface area contributed by atoms with Crippen molar-refractivity contribution in [1.82, 2.24) is 0 Å². The first-order valence-electron chi connectivity index (χ1n) is 6.18. The Morgan fingerprint density at radius 1 is 1.18 bits per heavy atom. The second-order valence-electron chi connectivity index (χ2n) is 4.53. The Bertz CT molecular complexity index is 964. The Labute approximate surface area is 122 Å². The molecule has 1 heterocycles. The predicted molar refractivity (Wildman–Crippen MR) is 76.2 cm³/mol. The first kappa shape index (κ1) is 13.7. The molecule has 3 aromatic rings. The van der Waals surface area contributed by atoms with E-state index in [9.17, 15) is 24.4 Å². The third-order valence-electron chi connectivity index (χ3n) is 3.18. The fourth-order valence-electron chi connectivity index (χ4n) is 2.11. The van der Waals surface area contributed by atoms with Crippen LogP contribution >= 0.6 is 0 Å². The minimum atomic E-state index is -0.858. The van der Waals surface area contributed by atoms with Crippen LogP contribution in [0.1, 0.15) is 0 Å². The van der Waals surface area contributed by atoms with Gasteiger partial charge in [-0.25, -0.2) is 4.39 Å². The summed E-state index contributed by atoms with van der Waals surface area (Å²) in [7, 11) is 0. The van der Waals surface area contributed by atoms with Crippen LogP contribution in [0.2, 0.25) is 0 Å². The molecule has 0 saturated carbocycles. The van der Waals surface area contributed by atoms with Crippen molar-refractivity contribution in [1.29, 1.82) is 0 Å². The molecule has 0 spiro atoms. The number of non-ortho nitro benzene ring substituents is 1. The van der Waals surface area contributed by atoms with E-state index in [1.165, 1.54) is 24.3 Å². The number of fused-ring (bicyclic) bond motifs is 1. The molecular formula is C15H8FNO5. The van der Waals surface area contributed by atoms with E-state index in [1.807, 2.05) is 0 Å². The van der Waals surface area contributed by atoms with E-state index >= 15 is 0 Å². The lowest BCUT2D eigenvalue weighted by Gasteiger charge is -2.06. The van der Waals surface area contributed by atoms with Gasteiger partial charge in [0.15, 0.2) is 5.76 Å². The minimum Gasteiger partial charge on any atom is -0.502 e. The van der Waals surface area contributed by atoms with Crippen molar-refractivity contribution < 1.29 is 18.8 Å². The van der Waals surface area contributed by atoms with Crippen LogP contribution in [-0.4, -0.2) is 10.0 Å². The second-order valence-corrected chi connectivity index (χ2v) is 4.53. The molecule has 2 aromatic carbocycles. The zero-order valence-electron chi connectivity index (χ0n) is 10.9. The summed E-state index contributed by atoms with van der Waals surface area (Å²) >= 11 is 0. The SMILES string of the molecule is O=c1c(O)c(-c2ccccc2F)oc2ccc([N+](=O)[O-])cc12. The highest BCUT2D eigenvalue weighted by atomic mass is 19.1. The van der Waals surface area contributed by atoms with Crippen molar-refractivity contribution in [3.05, 3.63) is 68.6 Å². The maximum Gasteiger partial charge on any atom is 0.270 e. The highest BCUT2D eigenvalue weighted by Gasteiger charge is 2.19. The molecule has 110 valence electrons. The van der Waals surface area contributed by atoms with Crippen LogP contribution in [0.4, 0.5) is 10.1 Å². The van der Waals surface area contributed by atoms with Gasteiger partial charge in [0.2, 0.25) is 11.2 Å². The van der Waals surface area contributed by atoms with Crippen LogP contribution in [0.3, 0.4) is 0 Å². The first-order valence-corrected chi connectivity index (χ1v) is 6.18. The molecule has 0 saturated heterocycles. The molecule has 0 aliphatic heterocycles. The zero-order chi connectivity index (χ0) is 15.9. The fraction of sp³-hybridized carbons (Fsp3) is 0. The van der Waals surface area contributed by atoms with Gasteiger partial charge in [-0.15, -0.1) is 0 Å². The molecule has 22 heavy (non-hydrogen) atoms. The van der Waals surface area contributed by atoms with Crippen molar-refractivity contribution in [2.75, 3.05) is 0 Å². The van der Waals surface area contributed by atoms with Gasteiger partial charge >= 0.3 is 0 Å². The summed E-state index contributed by atoms with van der Waals surface area (Å²) in [6.45, 7) is 0. The Balaban J connectivity index is 2.34. The number of hydrogen-bond acceptors (Lipinski definition) is 5. The van der Waals surface area contributed by atoms with Gasteiger partial charge in [0.1, 0.15) is 11.4 Å². The monoisotopic (exact) mass is 301 g/mol. The number of nitrogens with zero attached hydrogens (tertiary/aromatic N) is 1. The molecule has 3 rings (SSSR count). The highest BCUT2D eigenvalue weighted by Crippen LogP contribution is 2.32. The van der Waals surface area contributed by atoms with Crippen LogP contribution in [0.5, 0.6) is 5.75 Å². The van der Waals surface area contributed by atoms with E-state index < -0.39 is 21.9 Å². The summed E-state index contributed by atoms with van der Waals surface area (Å²) in [5.41, 5.74) is -1.22. The summed E-state index contributed by atoms with van der Waals surface area (Å²) in [6.07, 6.45) is 0. The smallest absolute Gasteiger partial charge is 0.270 e. The Hall–Kier alpha value is -3.22. The van der Waals surface area contributed by atoms with E-state index in [0.717, 1.165) is 18.2 Å². The third-order valence-corrected chi connectivity index (χ3v) is 3.18. The molecule has 0 unspecified atom stereocenters. The molecule has 0 aliphatic rings. The molecule has 1 aromatic heterocycles. The van der Waals surface area contributed by atoms with Crippen molar-refractivity contribution in [3.63, 3.8) is 0 Å². The standard InChI is InChI=1S/C15H8FNO5/c16-11-4-2-1-3-9(11)15-14(19)13(18)10-7-8(17(20)21)5-6-12(10)22-15/h1-7,19H. The number of hydrogen-bond donors (Lipinski definition) is 1. The molecule has 7 heteroatoms. The van der Waals surface area contributed by atoms with Gasteiger partial charge in [0.05, 0.1) is 15.9 Å². The number of nitro benzene ring substituents is 1. The lowest BCUT2D eigenvalue weighted by molar-refractivity contribution is -0.384. The molecule has 0 bridgehead atoms. The van der Waals surface area contributed by atoms with Crippen LogP contribution in [0.15, 0.2) is 51.7 Å². The van der Waals surface area contributed by atoms with E-state index in [0.29, 0.717) is 0 Å². The van der Waals surface area contributed by atoms with Crippen LogP contribution in [0.25, 0.3) is 22.3 Å². The number of nitro groups is 1. The van der Waals surface area contributed by atoms with Crippen molar-refractivity contribution in [2.45, 2.75) is 0 Å². The number of halogens is 1. The van der Waals surface area contributed by atoms with Gasteiger partial charge in [-0.2, -0.15) is 0 Å². The van der Waals surface area contributed by atoms with Crippen molar-refractivity contribution in [3.8, 4) is 17.1 Å². The second kappa shape index (κ2) is 4.96. The number of rotatable bonds is 2. The summed E-state index contributed by atoms with van der Waals surface area (Å²) in [6, 6.07) is 8.90. The Kier molecular flexibility index (Phi) is 3.10. The zero-order valence-corrected chi connectivity index (χ0v) is 10.9. The van der Waals surface area contributed by atoms with Gasteiger partial charge in [0.25, 0.3) is 5.69 Å². The molecule has 1 N–H and O–H groups in total. The Morgan fingerprint density at radius 2 is 1.91 bits per heavy atom. The molecule has 0 atom stereocenters. The van der Waals surface area contributed by atoms with Gasteiger partial charge in [0, 0.05) is 12.1 Å². The van der Waals surface area contributed by atoms with Crippen LogP contribution in [0, 0.1) is 15.9 Å². The number of aromatic hydroxyl groups is 1. The molecule has 6 nitrogen and oxygen atoms in total. The quantitative estimate of drug-likeness (QED) is 0.579. The lowest BCUT2D eigenvalue weighted by atomic mass is 10.1. The fourth-order valence-corrected chi connectivity index (χ4v) is 2.11. The summed E-state index contributed by atoms with van der Waals surface area (Å²) < 4.78 is 19.2. The van der Waals surface area contributed by atoms with E-state index in [4.69, 9.17) is 4.42 Å². The average molecular weight is 301 g/mol. The maximum atomic E-state index is 13.8. The van der Waals surface area contributed by atoms with Crippen molar-refractivity contribution >= 4 is 16.7 Å². The molecular weight excluding hydrogens is 293 g/mol. The van der Waals surface area contributed by atoms with Crippen molar-refractivity contribution in [2.24, 2.45) is 0 Å². The summed E-state index contributed by atoms with van der Waals surface area (Å²) in [4.78, 5) is 22.2. The van der Waals surface area contributed by atoms with Crippen LogP contribution in [-0.2, 0) is 0 Å². The van der Waals surface area contributed by atoms with Crippen LogP contribution < -0.4 is 5.43 Å². The normalized spacial score (nSPS) is 10.8. The van der Waals surface area contributed by atoms with Gasteiger partial charge < -0.3 is 9.52 Å². The summed E-state index contributed by atoms with van der Waals surface area (Å²) in [5, 5.41) is 20.5. The average Bonchev–Trinajstić information content (AvgIpc) is 2.51. The van der Waals surface area contributed by atoms with E-state index in [2.05, 4.69) is 0 Å². The largest absolute Gasteiger partial charge is 0.502 e. The predicted octanol–water partition coefficient (Wildman–Crippen LogP) is 3.21. The lowest BCUT2D eigenvalue weighted by Crippen LogP contribution is -2.03. The molecule has 0 amide bonds. The van der Waals surface area contributed by atoms with E-state index in [1.54, 1.807) is 0 Å². The third kappa shape index (κ3) is 2.08. The molecule has 0 radical (unpaired) electrons. The molecule has 0 fully saturated rings. The Morgan fingerprint density at radius 3 is 2.59 bits per heavy atom. The minimum absolute atomic E-state index is 0.0200. The van der Waals surface area contributed by atoms with E-state index in [-0.39, 0.29) is 28.0 Å². The first-order chi connectivity index (χ1) is 10.5. The van der Waals surface area contributed by atoms with Gasteiger partial charge in [-0.05, 0) is 18.2 Å². The summed E-state index contributed by atoms with van der Waals surface area (Å²) in [5.74, 6) is -1.77. The van der Waals surface area contributed by atoms with Gasteiger partial charge in [-0.1, -0.05) is 12.1 Å². The highest BCUT2D eigenvalue weighted by molar-refractivity contribution is 5.83. The number of benzene rings is 2. The topological polar surface area (TPSA) is 93.6 Å².